The Hall–Kier alpha value is -7.94. The van der Waals surface area contributed by atoms with Gasteiger partial charge in [-0.2, -0.15) is 0 Å². The number of nitro groups is 1. The van der Waals surface area contributed by atoms with Gasteiger partial charge in [0.1, 0.15) is 6.04 Å². The molecule has 0 amide bonds. The summed E-state index contributed by atoms with van der Waals surface area (Å²) in [7, 11) is 2.01. The van der Waals surface area contributed by atoms with Crippen LogP contribution in [0.1, 0.15) is 45.9 Å². The van der Waals surface area contributed by atoms with Gasteiger partial charge in [-0.1, -0.05) is 152 Å². The van der Waals surface area contributed by atoms with E-state index in [0.717, 1.165) is 100 Å². The van der Waals surface area contributed by atoms with Crippen LogP contribution in [0, 0.1) is 10.1 Å². The Morgan fingerprint density at radius 2 is 0.952 bits per heavy atom. The zero-order chi connectivity index (χ0) is 42.4. The minimum atomic E-state index is -0.926. The maximum atomic E-state index is 13.5. The number of H-pyrrole nitrogens is 2. The van der Waals surface area contributed by atoms with Gasteiger partial charge in [0, 0.05) is 55.8 Å². The van der Waals surface area contributed by atoms with Crippen molar-refractivity contribution in [3.8, 4) is 44.5 Å². The maximum absolute atomic E-state index is 13.5. The summed E-state index contributed by atoms with van der Waals surface area (Å²) in [5, 5.41) is 13.5. The summed E-state index contributed by atoms with van der Waals surface area (Å²) in [5.74, 6) is -0.326. The van der Waals surface area contributed by atoms with Gasteiger partial charge in [0.05, 0.1) is 34.2 Å². The van der Waals surface area contributed by atoms with Gasteiger partial charge in [-0.05, 0) is 77.4 Å². The van der Waals surface area contributed by atoms with E-state index in [-0.39, 0.29) is 10.8 Å². The van der Waals surface area contributed by atoms with Crippen molar-refractivity contribution >= 4 is 46.4 Å². The van der Waals surface area contributed by atoms with Gasteiger partial charge in [0.15, 0.2) is 0 Å². The topological polar surface area (TPSA) is 104 Å². The number of likely N-dealkylation sites (tertiary alicyclic amines) is 1. The molecule has 5 aromatic carbocycles. The molecule has 8 aromatic rings. The van der Waals surface area contributed by atoms with Crippen LogP contribution < -0.4 is 0 Å². The van der Waals surface area contributed by atoms with Crippen molar-refractivity contribution < 1.29 is 4.92 Å². The minimum Gasteiger partial charge on any atom is -0.354 e. The highest BCUT2D eigenvalue weighted by molar-refractivity contribution is 6.01. The molecular weight excluding hydrogens is 777 g/mol. The van der Waals surface area contributed by atoms with E-state index < -0.39 is 12.1 Å². The van der Waals surface area contributed by atoms with E-state index in [1.54, 1.807) is 0 Å². The molecule has 0 unspecified atom stereocenters. The van der Waals surface area contributed by atoms with Gasteiger partial charge in [-0.25, -0.2) is 9.97 Å². The normalized spacial score (nSPS) is 17.0. The molecule has 3 aliphatic heterocycles. The number of hydrogen-bond donors (Lipinski definition) is 2. The fourth-order valence-electron chi connectivity index (χ4n) is 9.88. The van der Waals surface area contributed by atoms with E-state index in [0.29, 0.717) is 6.54 Å². The van der Waals surface area contributed by atoms with Gasteiger partial charge >= 0.3 is 0 Å². The Morgan fingerprint density at radius 1 is 0.524 bits per heavy atom. The van der Waals surface area contributed by atoms with Crippen molar-refractivity contribution in [3.05, 3.63) is 214 Å². The number of hydrogen-bond acceptors (Lipinski definition) is 5. The minimum absolute atomic E-state index is 0.0685. The lowest BCUT2D eigenvalue weighted by Crippen LogP contribution is -2.31. The second-order valence-corrected chi connectivity index (χ2v) is 16.4. The molecule has 0 radical (unpaired) electrons. The van der Waals surface area contributed by atoms with Crippen LogP contribution in [0.25, 0.3) is 90.9 Å². The van der Waals surface area contributed by atoms with Crippen LogP contribution in [0.3, 0.4) is 0 Å². The zero-order valence-electron chi connectivity index (χ0n) is 34.5. The first-order chi connectivity index (χ1) is 31.0. The zero-order valence-corrected chi connectivity index (χ0v) is 34.5. The average molecular weight is 819 g/mol. The van der Waals surface area contributed by atoms with E-state index in [1.165, 1.54) is 0 Å². The highest BCUT2D eigenvalue weighted by Crippen LogP contribution is 2.47. The molecule has 6 heterocycles. The Kier molecular flexibility index (Phi) is 9.55. The van der Waals surface area contributed by atoms with E-state index in [9.17, 15) is 10.1 Å². The van der Waals surface area contributed by atoms with Crippen molar-refractivity contribution in [1.29, 1.82) is 0 Å². The average Bonchev–Trinajstić information content (AvgIpc) is 4.19. The van der Waals surface area contributed by atoms with E-state index in [1.807, 2.05) is 98.0 Å². The molecule has 63 heavy (non-hydrogen) atoms. The van der Waals surface area contributed by atoms with E-state index >= 15 is 0 Å². The number of aromatic amines is 2. The van der Waals surface area contributed by atoms with Crippen LogP contribution in [0.2, 0.25) is 0 Å². The molecule has 304 valence electrons. The van der Waals surface area contributed by atoms with Gasteiger partial charge in [-0.15, -0.1) is 0 Å². The third-order valence-electron chi connectivity index (χ3n) is 12.6. The van der Waals surface area contributed by atoms with Crippen LogP contribution in [0.4, 0.5) is 0 Å². The molecule has 3 atom stereocenters. The molecule has 3 aliphatic rings. The fourth-order valence-corrected chi connectivity index (χ4v) is 9.88. The Morgan fingerprint density at radius 3 is 1.48 bits per heavy atom. The summed E-state index contributed by atoms with van der Waals surface area (Å²) in [6, 6.07) is 56.1. The van der Waals surface area contributed by atoms with E-state index in [4.69, 9.17) is 9.97 Å². The molecule has 1 fully saturated rings. The first kappa shape index (κ1) is 38.0. The van der Waals surface area contributed by atoms with Crippen molar-refractivity contribution in [2.24, 2.45) is 0 Å². The van der Waals surface area contributed by atoms with Crippen molar-refractivity contribution in [2.45, 2.75) is 18.0 Å². The first-order valence-electron chi connectivity index (χ1n) is 21.3. The summed E-state index contributed by atoms with van der Waals surface area (Å²) < 4.78 is 0. The molecule has 3 aromatic heterocycles. The van der Waals surface area contributed by atoms with Gasteiger partial charge in [0.2, 0.25) is 6.04 Å². The quantitative estimate of drug-likeness (QED) is 0.123. The van der Waals surface area contributed by atoms with Gasteiger partial charge in [0.25, 0.3) is 0 Å². The van der Waals surface area contributed by atoms with Crippen molar-refractivity contribution in [2.75, 3.05) is 13.6 Å². The molecule has 0 saturated carbocycles. The molecule has 8 heteroatoms. The maximum Gasteiger partial charge on any atom is 0.240 e. The monoisotopic (exact) mass is 818 g/mol. The van der Waals surface area contributed by atoms with Crippen LogP contribution >= 0.6 is 0 Å². The number of fused-ring (bicyclic) bond motifs is 8. The highest BCUT2D eigenvalue weighted by Gasteiger charge is 2.50. The lowest BCUT2D eigenvalue weighted by Gasteiger charge is -2.21. The Bertz CT molecular complexity index is 3250. The van der Waals surface area contributed by atoms with Crippen LogP contribution in [0.5, 0.6) is 0 Å². The van der Waals surface area contributed by atoms with E-state index in [2.05, 4.69) is 118 Å². The molecular formula is C55H42N6O2. The SMILES string of the molecule is CN1C[C@H](c2ccccc2)[C@@H]([N+](=O)[O-])[C@H]1c1cc2[nH]c1c(-c1ccccc1)c1nc(c(-c3ccccc3)c3nc(c(-c4ccccc4)c4ccc([nH]4)c2-c2ccccc2)C=C3)C=C1. The second-order valence-electron chi connectivity index (χ2n) is 16.4. The van der Waals surface area contributed by atoms with Crippen molar-refractivity contribution in [3.63, 3.8) is 0 Å². The van der Waals surface area contributed by atoms with Crippen LogP contribution in [0.15, 0.2) is 170 Å². The standard InChI is InChI=1S/C55H42N6O2/c1-60-34-41(35-17-7-2-8-18-35)55(61(62)63)54(60)40-33-48-51(38-23-13-5-14-24-38)46-30-29-44(57-46)49(36-19-9-3-10-20-36)42-27-28-43(56-42)50(37-21-11-4-12-22-37)45-31-32-47(58-45)52(53(40)59-48)39-25-15-6-16-26-39/h2-33,41,54-55,57,59H,34H2,1H3/t41-,54-,55-/m1/s1. The predicted molar refractivity (Wildman–Crippen MR) is 256 cm³/mol. The number of rotatable bonds is 7. The number of benzene rings is 5. The molecule has 8 bridgehead atoms. The summed E-state index contributed by atoms with van der Waals surface area (Å²) in [5.41, 5.74) is 16.0. The largest absolute Gasteiger partial charge is 0.354 e. The lowest BCUT2D eigenvalue weighted by atomic mass is 9.88. The highest BCUT2D eigenvalue weighted by atomic mass is 16.6. The van der Waals surface area contributed by atoms with Gasteiger partial charge < -0.3 is 9.97 Å². The molecule has 8 nitrogen and oxygen atoms in total. The summed E-state index contributed by atoms with van der Waals surface area (Å²) >= 11 is 0. The summed E-state index contributed by atoms with van der Waals surface area (Å²) in [6.45, 7) is 0.525. The molecule has 0 spiro atoms. The molecule has 2 N–H and O–H groups in total. The smallest absolute Gasteiger partial charge is 0.240 e. The second kappa shape index (κ2) is 15.8. The lowest BCUT2D eigenvalue weighted by molar-refractivity contribution is -0.528. The number of likely N-dealkylation sites (N-methyl/N-ethyl adjacent to an activating group) is 1. The first-order valence-corrected chi connectivity index (χ1v) is 21.3. The van der Waals surface area contributed by atoms with Crippen molar-refractivity contribution in [1.82, 2.24) is 24.8 Å². The Labute approximate surface area is 364 Å². The predicted octanol–water partition coefficient (Wildman–Crippen LogP) is 12.7. The number of nitrogens with zero attached hydrogens (tertiary/aromatic N) is 4. The third kappa shape index (κ3) is 6.77. The number of nitrogens with one attached hydrogen (secondary N) is 2. The van der Waals surface area contributed by atoms with Crippen LogP contribution in [-0.4, -0.2) is 49.4 Å². The molecule has 0 aliphatic carbocycles. The molecule has 11 rings (SSSR count). The van der Waals surface area contributed by atoms with Crippen LogP contribution in [-0.2, 0) is 0 Å². The fraction of sp³-hybridized carbons (Fsp3) is 0.0909. The summed E-state index contributed by atoms with van der Waals surface area (Å²) in [6.07, 6.45) is 8.33. The summed E-state index contributed by atoms with van der Waals surface area (Å²) in [4.78, 5) is 34.3. The van der Waals surface area contributed by atoms with Gasteiger partial charge in [-0.3, -0.25) is 15.0 Å². The Balaban J connectivity index is 1.33. The third-order valence-corrected chi connectivity index (χ3v) is 12.6. The number of aromatic nitrogens is 4. The molecule has 1 saturated heterocycles.